The fourth-order valence-corrected chi connectivity index (χ4v) is 8.01. The smallest absolute Gasteiger partial charge is 0.306 e. The number of hydrogen-bond acceptors (Lipinski definition) is 6. The second-order valence-corrected chi connectivity index (χ2v) is 18.4. The fraction of sp³-hybridized carbons (Fsp3) is 0.943. The molecule has 0 saturated carbocycles. The molecule has 0 fully saturated rings. The van der Waals surface area contributed by atoms with Gasteiger partial charge in [-0.15, -0.1) is 0 Å². The van der Waals surface area contributed by atoms with Crippen molar-refractivity contribution in [2.75, 3.05) is 13.2 Å². The SMILES string of the molecule is CCCCCCCCCCCCCCCCC(=O)OC[C@@H](COC(=O)CCCCCCCCCCCCCCC)OC(=O)CCCCCCCCCCCCC(C)CC. The van der Waals surface area contributed by atoms with Gasteiger partial charge in [0.05, 0.1) is 0 Å². The molecule has 0 saturated heterocycles. The summed E-state index contributed by atoms with van der Waals surface area (Å²) in [6.07, 6.45) is 49.3. The lowest BCUT2D eigenvalue weighted by molar-refractivity contribution is -0.167. The molecule has 0 spiro atoms. The van der Waals surface area contributed by atoms with Crippen LogP contribution < -0.4 is 0 Å². The fourth-order valence-electron chi connectivity index (χ4n) is 8.01. The number of rotatable bonds is 48. The Hall–Kier alpha value is -1.59. The Morgan fingerprint density at radius 2 is 0.593 bits per heavy atom. The second-order valence-electron chi connectivity index (χ2n) is 18.4. The number of esters is 3. The first-order chi connectivity index (χ1) is 28.9. The van der Waals surface area contributed by atoms with Gasteiger partial charge in [-0.05, 0) is 25.2 Å². The third-order valence-corrected chi connectivity index (χ3v) is 12.4. The molecule has 2 atom stereocenters. The van der Waals surface area contributed by atoms with E-state index in [9.17, 15) is 14.4 Å². The molecule has 0 aromatic rings. The number of carbonyl (C=O) groups is 3. The van der Waals surface area contributed by atoms with Crippen molar-refractivity contribution in [3.8, 4) is 0 Å². The minimum absolute atomic E-state index is 0.0627. The lowest BCUT2D eigenvalue weighted by Gasteiger charge is -2.18. The van der Waals surface area contributed by atoms with Crippen molar-refractivity contribution in [1.82, 2.24) is 0 Å². The summed E-state index contributed by atoms with van der Waals surface area (Å²) < 4.78 is 16.8. The minimum Gasteiger partial charge on any atom is -0.462 e. The number of ether oxygens (including phenoxy) is 3. The van der Waals surface area contributed by atoms with Crippen molar-refractivity contribution in [3.63, 3.8) is 0 Å². The van der Waals surface area contributed by atoms with Gasteiger partial charge < -0.3 is 14.2 Å². The molecule has 0 aliphatic rings. The van der Waals surface area contributed by atoms with Gasteiger partial charge in [-0.3, -0.25) is 14.4 Å². The summed E-state index contributed by atoms with van der Waals surface area (Å²) in [6.45, 7) is 9.05. The molecule has 6 nitrogen and oxygen atoms in total. The molecule has 0 rings (SSSR count). The Morgan fingerprint density at radius 3 is 0.881 bits per heavy atom. The van der Waals surface area contributed by atoms with Gasteiger partial charge in [0.1, 0.15) is 13.2 Å². The molecular formula is C53H102O6. The van der Waals surface area contributed by atoms with Crippen LogP contribution in [0.4, 0.5) is 0 Å². The summed E-state index contributed by atoms with van der Waals surface area (Å²) in [6, 6.07) is 0. The summed E-state index contributed by atoms with van der Waals surface area (Å²) in [4.78, 5) is 38.0. The molecule has 0 bridgehead atoms. The second kappa shape index (κ2) is 47.5. The van der Waals surface area contributed by atoms with Crippen molar-refractivity contribution < 1.29 is 28.6 Å². The molecule has 0 heterocycles. The highest BCUT2D eigenvalue weighted by Crippen LogP contribution is 2.18. The Balaban J connectivity index is 4.32. The third kappa shape index (κ3) is 45.8. The Labute approximate surface area is 368 Å². The lowest BCUT2D eigenvalue weighted by Crippen LogP contribution is -2.30. The third-order valence-electron chi connectivity index (χ3n) is 12.4. The molecule has 0 radical (unpaired) electrons. The van der Waals surface area contributed by atoms with Gasteiger partial charge in [0.25, 0.3) is 0 Å². The van der Waals surface area contributed by atoms with Gasteiger partial charge in [-0.2, -0.15) is 0 Å². The van der Waals surface area contributed by atoms with E-state index < -0.39 is 6.10 Å². The minimum atomic E-state index is -0.761. The van der Waals surface area contributed by atoms with E-state index in [2.05, 4.69) is 27.7 Å². The Morgan fingerprint density at radius 1 is 0.339 bits per heavy atom. The molecule has 0 amide bonds. The van der Waals surface area contributed by atoms with Crippen LogP contribution in [0.5, 0.6) is 0 Å². The zero-order valence-corrected chi connectivity index (χ0v) is 40.2. The van der Waals surface area contributed by atoms with E-state index in [1.165, 1.54) is 193 Å². The molecule has 350 valence electrons. The van der Waals surface area contributed by atoms with Crippen molar-refractivity contribution in [1.29, 1.82) is 0 Å². The van der Waals surface area contributed by atoms with Crippen LogP contribution in [0.3, 0.4) is 0 Å². The van der Waals surface area contributed by atoms with E-state index in [0.717, 1.165) is 63.7 Å². The van der Waals surface area contributed by atoms with Crippen LogP contribution in [0.1, 0.15) is 297 Å². The van der Waals surface area contributed by atoms with Gasteiger partial charge in [-0.1, -0.05) is 259 Å². The highest BCUT2D eigenvalue weighted by atomic mass is 16.6. The van der Waals surface area contributed by atoms with Crippen LogP contribution >= 0.6 is 0 Å². The number of carbonyl (C=O) groups excluding carboxylic acids is 3. The highest BCUT2D eigenvalue weighted by Gasteiger charge is 2.19. The van der Waals surface area contributed by atoms with E-state index in [1.807, 2.05) is 0 Å². The summed E-state index contributed by atoms with van der Waals surface area (Å²) in [7, 11) is 0. The maximum Gasteiger partial charge on any atom is 0.306 e. The van der Waals surface area contributed by atoms with E-state index in [1.54, 1.807) is 0 Å². The van der Waals surface area contributed by atoms with Crippen LogP contribution in [0.15, 0.2) is 0 Å². The standard InChI is InChI=1S/C53H102O6/c1-5-8-10-12-14-16-18-20-22-24-29-33-37-41-45-52(55)58-48-50(47-57-51(54)44-40-36-32-28-23-21-19-17-15-13-11-9-6-2)59-53(56)46-42-38-34-30-26-25-27-31-35-39-43-49(4)7-3/h49-50H,5-48H2,1-4H3/t49?,50-/m1/s1. The van der Waals surface area contributed by atoms with Gasteiger partial charge in [-0.25, -0.2) is 0 Å². The molecular weight excluding hydrogens is 733 g/mol. The highest BCUT2D eigenvalue weighted by molar-refractivity contribution is 5.71. The molecule has 0 N–H and O–H groups in total. The normalized spacial score (nSPS) is 12.4. The van der Waals surface area contributed by atoms with Gasteiger partial charge in [0.15, 0.2) is 6.10 Å². The molecule has 0 aromatic carbocycles. The quantitative estimate of drug-likeness (QED) is 0.0345. The summed E-state index contributed by atoms with van der Waals surface area (Å²) in [5.74, 6) is 0.0247. The molecule has 0 aliphatic heterocycles. The van der Waals surface area contributed by atoms with Crippen LogP contribution in [0.25, 0.3) is 0 Å². The average molecular weight is 835 g/mol. The van der Waals surface area contributed by atoms with Crippen LogP contribution in [0.2, 0.25) is 0 Å². The van der Waals surface area contributed by atoms with Crippen molar-refractivity contribution in [2.24, 2.45) is 5.92 Å². The van der Waals surface area contributed by atoms with Crippen molar-refractivity contribution >= 4 is 17.9 Å². The van der Waals surface area contributed by atoms with Crippen molar-refractivity contribution in [3.05, 3.63) is 0 Å². The van der Waals surface area contributed by atoms with E-state index in [-0.39, 0.29) is 31.1 Å². The van der Waals surface area contributed by atoms with Crippen molar-refractivity contribution in [2.45, 2.75) is 303 Å². The zero-order chi connectivity index (χ0) is 43.1. The summed E-state index contributed by atoms with van der Waals surface area (Å²) in [5.41, 5.74) is 0. The Kier molecular flexibility index (Phi) is 46.2. The maximum atomic E-state index is 12.8. The van der Waals surface area contributed by atoms with Gasteiger partial charge in [0.2, 0.25) is 0 Å². The Bertz CT molecular complexity index is 889. The zero-order valence-electron chi connectivity index (χ0n) is 40.2. The maximum absolute atomic E-state index is 12.8. The van der Waals surface area contributed by atoms with Gasteiger partial charge >= 0.3 is 17.9 Å². The van der Waals surface area contributed by atoms with E-state index >= 15 is 0 Å². The van der Waals surface area contributed by atoms with Gasteiger partial charge in [0, 0.05) is 19.3 Å². The molecule has 0 aromatic heterocycles. The summed E-state index contributed by atoms with van der Waals surface area (Å²) in [5, 5.41) is 0. The predicted molar refractivity (Wildman–Crippen MR) is 252 cm³/mol. The van der Waals surface area contributed by atoms with Crippen LogP contribution in [-0.2, 0) is 28.6 Å². The number of hydrogen-bond donors (Lipinski definition) is 0. The molecule has 0 aliphatic carbocycles. The van der Waals surface area contributed by atoms with E-state index in [4.69, 9.17) is 14.2 Å². The number of unbranched alkanes of at least 4 members (excludes halogenated alkanes) is 34. The molecule has 1 unspecified atom stereocenters. The molecule has 59 heavy (non-hydrogen) atoms. The first kappa shape index (κ1) is 57.4. The summed E-state index contributed by atoms with van der Waals surface area (Å²) >= 11 is 0. The monoisotopic (exact) mass is 835 g/mol. The first-order valence-corrected chi connectivity index (χ1v) is 26.4. The molecule has 6 heteroatoms. The lowest BCUT2D eigenvalue weighted by atomic mass is 9.99. The average Bonchev–Trinajstić information content (AvgIpc) is 3.23. The predicted octanol–water partition coefficient (Wildman–Crippen LogP) is 17.1. The van der Waals surface area contributed by atoms with Crippen LogP contribution in [0, 0.1) is 5.92 Å². The topological polar surface area (TPSA) is 78.9 Å². The van der Waals surface area contributed by atoms with Crippen LogP contribution in [-0.4, -0.2) is 37.2 Å². The first-order valence-electron chi connectivity index (χ1n) is 26.4. The van der Waals surface area contributed by atoms with E-state index in [0.29, 0.717) is 19.3 Å². The largest absolute Gasteiger partial charge is 0.462 e.